The summed E-state index contributed by atoms with van der Waals surface area (Å²) in [7, 11) is 1.64. The van der Waals surface area contributed by atoms with Crippen LogP contribution in [0.5, 0.6) is 17.2 Å². The van der Waals surface area contributed by atoms with Gasteiger partial charge in [0, 0.05) is 5.56 Å². The largest absolute Gasteiger partial charge is 0.493 e. The predicted molar refractivity (Wildman–Crippen MR) is 109 cm³/mol. The Hall–Kier alpha value is -2.98. The third kappa shape index (κ3) is 5.02. The molecule has 0 aliphatic rings. The molecule has 0 aromatic heterocycles. The molecule has 3 aromatic rings. The molecule has 0 fully saturated rings. The zero-order valence-corrected chi connectivity index (χ0v) is 15.6. The summed E-state index contributed by atoms with van der Waals surface area (Å²) in [6, 6.07) is 24.1. The molecule has 0 radical (unpaired) electrons. The Morgan fingerprint density at radius 3 is 2.19 bits per heavy atom. The lowest BCUT2D eigenvalue weighted by Gasteiger charge is -2.14. The number of rotatable bonds is 9. The van der Waals surface area contributed by atoms with Crippen LogP contribution in [0.2, 0.25) is 0 Å². The molecule has 2 N–H and O–H groups in total. The van der Waals surface area contributed by atoms with Crippen LogP contribution in [0.3, 0.4) is 0 Å². The van der Waals surface area contributed by atoms with Crippen molar-refractivity contribution in [3.63, 3.8) is 0 Å². The van der Waals surface area contributed by atoms with Crippen LogP contribution in [0.4, 0.5) is 0 Å². The van der Waals surface area contributed by atoms with Crippen molar-refractivity contribution < 1.29 is 14.2 Å². The van der Waals surface area contributed by atoms with E-state index in [1.165, 1.54) is 0 Å². The van der Waals surface area contributed by atoms with Crippen LogP contribution >= 0.6 is 0 Å². The van der Waals surface area contributed by atoms with Gasteiger partial charge in [0.15, 0.2) is 11.5 Å². The molecule has 0 spiro atoms. The first-order valence-corrected chi connectivity index (χ1v) is 9.09. The topological polar surface area (TPSA) is 53.7 Å². The SMILES string of the molecule is COc1cc(CCN)ccc1OCCOc1ccccc1-c1ccccc1. The van der Waals surface area contributed by atoms with Crippen molar-refractivity contribution in [2.24, 2.45) is 5.73 Å². The fourth-order valence-electron chi connectivity index (χ4n) is 2.91. The Morgan fingerprint density at radius 1 is 0.741 bits per heavy atom. The van der Waals surface area contributed by atoms with E-state index in [4.69, 9.17) is 19.9 Å². The maximum absolute atomic E-state index is 5.97. The molecule has 0 aliphatic heterocycles. The van der Waals surface area contributed by atoms with E-state index in [2.05, 4.69) is 18.2 Å². The fourth-order valence-corrected chi connectivity index (χ4v) is 2.91. The van der Waals surface area contributed by atoms with Crippen LogP contribution in [-0.2, 0) is 6.42 Å². The lowest BCUT2D eigenvalue weighted by Crippen LogP contribution is -2.10. The molecule has 0 saturated heterocycles. The highest BCUT2D eigenvalue weighted by atomic mass is 16.5. The molecule has 0 saturated carbocycles. The molecule has 0 atom stereocenters. The van der Waals surface area contributed by atoms with Crippen LogP contribution in [0, 0.1) is 0 Å². The molecular weight excluding hydrogens is 338 g/mol. The Morgan fingerprint density at radius 2 is 1.44 bits per heavy atom. The highest BCUT2D eigenvalue weighted by Gasteiger charge is 2.08. The standard InChI is InChI=1S/C23H25NO3/c1-25-23-17-18(13-14-24)11-12-22(23)27-16-15-26-21-10-6-5-9-20(21)19-7-3-2-4-8-19/h2-12,17H,13-16,24H2,1H3. The molecule has 3 aromatic carbocycles. The summed E-state index contributed by atoms with van der Waals surface area (Å²) in [6.45, 7) is 1.48. The van der Waals surface area contributed by atoms with E-state index in [0.717, 1.165) is 28.9 Å². The van der Waals surface area contributed by atoms with Crippen molar-refractivity contribution in [3.05, 3.63) is 78.4 Å². The fraction of sp³-hybridized carbons (Fsp3) is 0.217. The Labute approximate surface area is 160 Å². The minimum atomic E-state index is 0.426. The van der Waals surface area contributed by atoms with Gasteiger partial charge in [0.1, 0.15) is 19.0 Å². The molecule has 0 unspecified atom stereocenters. The summed E-state index contributed by atoms with van der Waals surface area (Å²) in [5.74, 6) is 2.27. The molecule has 0 aliphatic carbocycles. The van der Waals surface area contributed by atoms with Gasteiger partial charge >= 0.3 is 0 Å². The number of methoxy groups -OCH3 is 1. The maximum atomic E-state index is 5.97. The normalized spacial score (nSPS) is 10.4. The third-order valence-corrected chi connectivity index (χ3v) is 4.23. The van der Waals surface area contributed by atoms with Gasteiger partial charge in [0.25, 0.3) is 0 Å². The first-order chi connectivity index (χ1) is 13.3. The highest BCUT2D eigenvalue weighted by molar-refractivity contribution is 5.70. The van der Waals surface area contributed by atoms with E-state index < -0.39 is 0 Å². The number of nitrogens with two attached hydrogens (primary N) is 1. The molecule has 140 valence electrons. The van der Waals surface area contributed by atoms with E-state index in [1.807, 2.05) is 54.6 Å². The molecule has 0 heterocycles. The molecule has 0 bridgehead atoms. The van der Waals surface area contributed by atoms with Gasteiger partial charge in [0.05, 0.1) is 7.11 Å². The minimum Gasteiger partial charge on any atom is -0.493 e. The lowest BCUT2D eigenvalue weighted by molar-refractivity contribution is 0.212. The molecule has 27 heavy (non-hydrogen) atoms. The molecule has 0 amide bonds. The van der Waals surface area contributed by atoms with E-state index in [0.29, 0.717) is 31.3 Å². The average Bonchev–Trinajstić information content (AvgIpc) is 2.73. The third-order valence-electron chi connectivity index (χ3n) is 4.23. The molecule has 4 heteroatoms. The summed E-state index contributed by atoms with van der Waals surface area (Å²) in [4.78, 5) is 0. The van der Waals surface area contributed by atoms with E-state index in [-0.39, 0.29) is 0 Å². The molecule has 3 rings (SSSR count). The first-order valence-electron chi connectivity index (χ1n) is 9.09. The quantitative estimate of drug-likeness (QED) is 0.575. The number of hydrogen-bond donors (Lipinski definition) is 1. The summed E-state index contributed by atoms with van der Waals surface area (Å²) in [6.07, 6.45) is 0.815. The number of hydrogen-bond acceptors (Lipinski definition) is 4. The van der Waals surface area contributed by atoms with Crippen molar-refractivity contribution in [1.29, 1.82) is 0 Å². The van der Waals surface area contributed by atoms with Gasteiger partial charge in [-0.2, -0.15) is 0 Å². The van der Waals surface area contributed by atoms with Gasteiger partial charge in [-0.1, -0.05) is 54.6 Å². The molecule has 4 nitrogen and oxygen atoms in total. The number of ether oxygens (including phenoxy) is 3. The van der Waals surface area contributed by atoms with Gasteiger partial charge in [-0.3, -0.25) is 0 Å². The zero-order chi connectivity index (χ0) is 18.9. The lowest BCUT2D eigenvalue weighted by atomic mass is 10.1. The van der Waals surface area contributed by atoms with Gasteiger partial charge in [-0.25, -0.2) is 0 Å². The van der Waals surface area contributed by atoms with E-state index in [1.54, 1.807) is 7.11 Å². The first kappa shape index (κ1) is 18.8. The smallest absolute Gasteiger partial charge is 0.161 e. The number of para-hydroxylation sites is 1. The minimum absolute atomic E-state index is 0.426. The Bertz CT molecular complexity index is 849. The van der Waals surface area contributed by atoms with Crippen molar-refractivity contribution in [2.45, 2.75) is 6.42 Å². The van der Waals surface area contributed by atoms with Crippen LogP contribution in [0.1, 0.15) is 5.56 Å². The zero-order valence-electron chi connectivity index (χ0n) is 15.6. The molecular formula is C23H25NO3. The maximum Gasteiger partial charge on any atom is 0.161 e. The van der Waals surface area contributed by atoms with Gasteiger partial charge in [-0.05, 0) is 42.3 Å². The second-order valence-electron chi connectivity index (χ2n) is 6.08. The van der Waals surface area contributed by atoms with Gasteiger partial charge in [0.2, 0.25) is 0 Å². The van der Waals surface area contributed by atoms with Crippen molar-refractivity contribution >= 4 is 0 Å². The van der Waals surface area contributed by atoms with Crippen LogP contribution < -0.4 is 19.9 Å². The second-order valence-corrected chi connectivity index (χ2v) is 6.08. The summed E-state index contributed by atoms with van der Waals surface area (Å²) in [5, 5.41) is 0. The Kier molecular flexibility index (Phi) is 6.72. The monoisotopic (exact) mass is 363 g/mol. The summed E-state index contributed by atoms with van der Waals surface area (Å²) in [5.41, 5.74) is 8.95. The second kappa shape index (κ2) is 9.64. The van der Waals surface area contributed by atoms with Crippen LogP contribution in [0.25, 0.3) is 11.1 Å². The number of benzene rings is 3. The van der Waals surface area contributed by atoms with Crippen molar-refractivity contribution in [2.75, 3.05) is 26.9 Å². The average molecular weight is 363 g/mol. The predicted octanol–water partition coefficient (Wildman–Crippen LogP) is 4.32. The van der Waals surface area contributed by atoms with Gasteiger partial charge in [-0.15, -0.1) is 0 Å². The highest BCUT2D eigenvalue weighted by Crippen LogP contribution is 2.30. The van der Waals surface area contributed by atoms with E-state index >= 15 is 0 Å². The Balaban J connectivity index is 1.60. The van der Waals surface area contributed by atoms with E-state index in [9.17, 15) is 0 Å². The van der Waals surface area contributed by atoms with Crippen molar-refractivity contribution in [3.8, 4) is 28.4 Å². The van der Waals surface area contributed by atoms with Crippen LogP contribution in [-0.4, -0.2) is 26.9 Å². The summed E-state index contributed by atoms with van der Waals surface area (Å²) < 4.78 is 17.2. The summed E-state index contributed by atoms with van der Waals surface area (Å²) >= 11 is 0. The van der Waals surface area contributed by atoms with Crippen LogP contribution in [0.15, 0.2) is 72.8 Å². The van der Waals surface area contributed by atoms with Gasteiger partial charge < -0.3 is 19.9 Å². The van der Waals surface area contributed by atoms with Crippen molar-refractivity contribution in [1.82, 2.24) is 0 Å².